The summed E-state index contributed by atoms with van der Waals surface area (Å²) in [5.41, 5.74) is 3.13. The second-order valence-electron chi connectivity index (χ2n) is 5.99. The van der Waals surface area contributed by atoms with Gasteiger partial charge in [-0.1, -0.05) is 29.8 Å². The number of nitrogens with one attached hydrogen (secondary N) is 2. The van der Waals surface area contributed by atoms with Crippen LogP contribution in [0.5, 0.6) is 0 Å². The van der Waals surface area contributed by atoms with E-state index < -0.39 is 0 Å². The predicted octanol–water partition coefficient (Wildman–Crippen LogP) is 3.91. The van der Waals surface area contributed by atoms with Crippen molar-refractivity contribution in [3.05, 3.63) is 83.1 Å². The van der Waals surface area contributed by atoms with Gasteiger partial charge in [0.05, 0.1) is 0 Å². The molecule has 2 N–H and O–H groups in total. The van der Waals surface area contributed by atoms with E-state index >= 15 is 0 Å². The molecule has 0 fully saturated rings. The normalized spacial score (nSPS) is 10.4. The Kier molecular flexibility index (Phi) is 5.22. The van der Waals surface area contributed by atoms with Gasteiger partial charge in [-0.15, -0.1) is 0 Å². The van der Waals surface area contributed by atoms with Crippen LogP contribution in [0.1, 0.15) is 27.4 Å². The number of hydrogen-bond acceptors (Lipinski definition) is 4. The first-order chi connectivity index (χ1) is 12.5. The molecule has 0 saturated heterocycles. The molecule has 0 aliphatic rings. The second kappa shape index (κ2) is 7.74. The number of hydrogen-bond donors (Lipinski definition) is 2. The van der Waals surface area contributed by atoms with Crippen LogP contribution in [0.15, 0.2) is 54.6 Å². The highest BCUT2D eigenvalue weighted by atomic mass is 19.1. The van der Waals surface area contributed by atoms with Crippen molar-refractivity contribution in [2.24, 2.45) is 0 Å². The first kappa shape index (κ1) is 17.5. The molecule has 1 amide bonds. The van der Waals surface area contributed by atoms with Crippen molar-refractivity contribution in [1.82, 2.24) is 15.3 Å². The van der Waals surface area contributed by atoms with Gasteiger partial charge in [-0.05, 0) is 43.7 Å². The Morgan fingerprint density at radius 3 is 2.38 bits per heavy atom. The SMILES string of the molecule is Cc1ccc(CNC(=O)c2cc(Nc3ccc(F)cc3)nc(C)n2)cc1. The molecule has 0 aliphatic carbocycles. The molecule has 1 heterocycles. The van der Waals surface area contributed by atoms with Gasteiger partial charge in [0.1, 0.15) is 23.2 Å². The number of anilines is 2. The number of nitrogens with zero attached hydrogens (tertiary/aromatic N) is 2. The molecule has 3 aromatic rings. The third-order valence-corrected chi connectivity index (χ3v) is 3.76. The fourth-order valence-electron chi connectivity index (χ4n) is 2.41. The highest BCUT2D eigenvalue weighted by Crippen LogP contribution is 2.16. The van der Waals surface area contributed by atoms with Crippen LogP contribution in [0.3, 0.4) is 0 Å². The summed E-state index contributed by atoms with van der Waals surface area (Å²) in [6.45, 7) is 4.15. The highest BCUT2D eigenvalue weighted by molar-refractivity contribution is 5.93. The smallest absolute Gasteiger partial charge is 0.270 e. The molecule has 1 aromatic heterocycles. The van der Waals surface area contributed by atoms with Gasteiger partial charge in [-0.3, -0.25) is 4.79 Å². The summed E-state index contributed by atoms with van der Waals surface area (Å²) in [5.74, 6) is 0.353. The number of amides is 1. The van der Waals surface area contributed by atoms with Gasteiger partial charge in [0.25, 0.3) is 5.91 Å². The summed E-state index contributed by atoms with van der Waals surface area (Å²) >= 11 is 0. The van der Waals surface area contributed by atoms with Gasteiger partial charge in [0.2, 0.25) is 0 Å². The summed E-state index contributed by atoms with van der Waals surface area (Å²) in [4.78, 5) is 20.9. The van der Waals surface area contributed by atoms with E-state index in [-0.39, 0.29) is 17.4 Å². The van der Waals surface area contributed by atoms with E-state index in [0.29, 0.717) is 23.9 Å². The summed E-state index contributed by atoms with van der Waals surface area (Å²) in [6.07, 6.45) is 0. The molecule has 0 saturated carbocycles. The first-order valence-corrected chi connectivity index (χ1v) is 8.21. The molecular weight excluding hydrogens is 331 g/mol. The van der Waals surface area contributed by atoms with Crippen molar-refractivity contribution in [3.63, 3.8) is 0 Å². The van der Waals surface area contributed by atoms with E-state index in [4.69, 9.17) is 0 Å². The van der Waals surface area contributed by atoms with Gasteiger partial charge < -0.3 is 10.6 Å². The fourth-order valence-corrected chi connectivity index (χ4v) is 2.41. The lowest BCUT2D eigenvalue weighted by Crippen LogP contribution is -2.24. The zero-order valence-corrected chi connectivity index (χ0v) is 14.6. The average Bonchev–Trinajstić information content (AvgIpc) is 2.62. The molecule has 0 spiro atoms. The van der Waals surface area contributed by atoms with Crippen molar-refractivity contribution in [2.75, 3.05) is 5.32 Å². The van der Waals surface area contributed by atoms with Gasteiger partial charge in [-0.2, -0.15) is 0 Å². The number of halogens is 1. The third-order valence-electron chi connectivity index (χ3n) is 3.76. The minimum Gasteiger partial charge on any atom is -0.347 e. The Hall–Kier alpha value is -3.28. The Bertz CT molecular complexity index is 908. The van der Waals surface area contributed by atoms with Crippen LogP contribution < -0.4 is 10.6 Å². The molecule has 0 unspecified atom stereocenters. The fraction of sp³-hybridized carbons (Fsp3) is 0.150. The Morgan fingerprint density at radius 1 is 1.00 bits per heavy atom. The van der Waals surface area contributed by atoms with Crippen LogP contribution in [0.25, 0.3) is 0 Å². The topological polar surface area (TPSA) is 66.9 Å². The molecule has 0 radical (unpaired) electrons. The van der Waals surface area contributed by atoms with Crippen molar-refractivity contribution in [3.8, 4) is 0 Å². The number of carbonyl (C=O) groups is 1. The molecule has 2 aromatic carbocycles. The Labute approximate surface area is 151 Å². The number of benzene rings is 2. The largest absolute Gasteiger partial charge is 0.347 e. The van der Waals surface area contributed by atoms with Crippen LogP contribution in [-0.2, 0) is 6.54 Å². The molecule has 6 heteroatoms. The predicted molar refractivity (Wildman–Crippen MR) is 98.8 cm³/mol. The van der Waals surface area contributed by atoms with Gasteiger partial charge in [0, 0.05) is 18.3 Å². The summed E-state index contributed by atoms with van der Waals surface area (Å²) in [6, 6.07) is 15.4. The highest BCUT2D eigenvalue weighted by Gasteiger charge is 2.11. The Morgan fingerprint density at radius 2 is 1.69 bits per heavy atom. The van der Waals surface area contributed by atoms with Gasteiger partial charge in [0.15, 0.2) is 0 Å². The number of carbonyl (C=O) groups excluding carboxylic acids is 1. The molecule has 3 rings (SSSR count). The van der Waals surface area contributed by atoms with E-state index in [0.717, 1.165) is 5.56 Å². The van der Waals surface area contributed by atoms with Crippen molar-refractivity contribution >= 4 is 17.4 Å². The van der Waals surface area contributed by atoms with Crippen LogP contribution in [0, 0.1) is 19.7 Å². The lowest BCUT2D eigenvalue weighted by atomic mass is 10.1. The maximum atomic E-state index is 13.0. The van der Waals surface area contributed by atoms with E-state index in [1.807, 2.05) is 31.2 Å². The first-order valence-electron chi connectivity index (χ1n) is 8.21. The van der Waals surface area contributed by atoms with Crippen LogP contribution in [0.4, 0.5) is 15.9 Å². The third kappa shape index (κ3) is 4.63. The van der Waals surface area contributed by atoms with E-state index in [2.05, 4.69) is 20.6 Å². The second-order valence-corrected chi connectivity index (χ2v) is 5.99. The van der Waals surface area contributed by atoms with Crippen LogP contribution in [0.2, 0.25) is 0 Å². The number of aromatic nitrogens is 2. The summed E-state index contributed by atoms with van der Waals surface area (Å²) in [7, 11) is 0. The van der Waals surface area contributed by atoms with Crippen molar-refractivity contribution in [1.29, 1.82) is 0 Å². The van der Waals surface area contributed by atoms with Crippen molar-refractivity contribution in [2.45, 2.75) is 20.4 Å². The van der Waals surface area contributed by atoms with Crippen molar-refractivity contribution < 1.29 is 9.18 Å². The van der Waals surface area contributed by atoms with Gasteiger partial charge >= 0.3 is 0 Å². The quantitative estimate of drug-likeness (QED) is 0.732. The molecule has 5 nitrogen and oxygen atoms in total. The maximum Gasteiger partial charge on any atom is 0.270 e. The van der Waals surface area contributed by atoms with E-state index in [9.17, 15) is 9.18 Å². The maximum absolute atomic E-state index is 13.0. The van der Waals surface area contributed by atoms with Crippen LogP contribution >= 0.6 is 0 Å². The Balaban J connectivity index is 1.70. The molecular formula is C20H19FN4O. The molecule has 0 bridgehead atoms. The molecule has 0 atom stereocenters. The zero-order chi connectivity index (χ0) is 18.5. The lowest BCUT2D eigenvalue weighted by molar-refractivity contribution is 0.0945. The molecule has 26 heavy (non-hydrogen) atoms. The zero-order valence-electron chi connectivity index (χ0n) is 14.6. The van der Waals surface area contributed by atoms with Gasteiger partial charge in [-0.25, -0.2) is 14.4 Å². The molecule has 0 aliphatic heterocycles. The number of rotatable bonds is 5. The lowest BCUT2D eigenvalue weighted by Gasteiger charge is -2.09. The average molecular weight is 350 g/mol. The molecule has 132 valence electrons. The monoisotopic (exact) mass is 350 g/mol. The number of aryl methyl sites for hydroxylation is 2. The van der Waals surface area contributed by atoms with E-state index in [1.54, 1.807) is 25.1 Å². The van der Waals surface area contributed by atoms with E-state index in [1.165, 1.54) is 17.7 Å². The summed E-state index contributed by atoms with van der Waals surface area (Å²) in [5, 5.41) is 5.90. The summed E-state index contributed by atoms with van der Waals surface area (Å²) < 4.78 is 13.0. The van der Waals surface area contributed by atoms with Crippen LogP contribution in [-0.4, -0.2) is 15.9 Å². The standard InChI is InChI=1S/C20H19FN4O/c1-13-3-5-15(6-4-13)12-22-20(26)18-11-19(24-14(2)23-18)25-17-9-7-16(21)8-10-17/h3-11H,12H2,1-2H3,(H,22,26)(H,23,24,25). The minimum absolute atomic E-state index is 0.272. The minimum atomic E-state index is -0.314.